The fraction of sp³-hybridized carbons (Fsp3) is 0.211. The SMILES string of the molecule is Cc1ccc(NC(=O)CCc2nc(-c3ccc(F)c(C)c3)no2)c(Cl)c1. The minimum Gasteiger partial charge on any atom is -0.339 e. The molecule has 5 nitrogen and oxygen atoms in total. The first-order valence-corrected chi connectivity index (χ1v) is 8.45. The van der Waals surface area contributed by atoms with Gasteiger partial charge in [0.1, 0.15) is 5.82 Å². The molecule has 7 heteroatoms. The van der Waals surface area contributed by atoms with Gasteiger partial charge in [0.15, 0.2) is 0 Å². The third kappa shape index (κ3) is 4.26. The van der Waals surface area contributed by atoms with Crippen LogP contribution in [0.25, 0.3) is 11.4 Å². The zero-order chi connectivity index (χ0) is 18.7. The van der Waals surface area contributed by atoms with Gasteiger partial charge in [-0.05, 0) is 55.3 Å². The molecule has 0 unspecified atom stereocenters. The molecule has 0 radical (unpaired) electrons. The van der Waals surface area contributed by atoms with E-state index in [9.17, 15) is 9.18 Å². The van der Waals surface area contributed by atoms with Crippen molar-refractivity contribution in [1.29, 1.82) is 0 Å². The Bertz CT molecular complexity index is 956. The van der Waals surface area contributed by atoms with Crippen molar-refractivity contribution in [3.05, 3.63) is 64.3 Å². The van der Waals surface area contributed by atoms with Gasteiger partial charge in [-0.2, -0.15) is 4.98 Å². The largest absolute Gasteiger partial charge is 0.339 e. The smallest absolute Gasteiger partial charge is 0.227 e. The van der Waals surface area contributed by atoms with Crippen LogP contribution in [0.1, 0.15) is 23.4 Å². The Hall–Kier alpha value is -2.73. The van der Waals surface area contributed by atoms with Crippen LogP contribution in [0.5, 0.6) is 0 Å². The Morgan fingerprint density at radius 1 is 1.23 bits per heavy atom. The Morgan fingerprint density at radius 2 is 2.04 bits per heavy atom. The number of carbonyl (C=O) groups is 1. The lowest BCUT2D eigenvalue weighted by molar-refractivity contribution is -0.116. The van der Waals surface area contributed by atoms with Gasteiger partial charge in [0.05, 0.1) is 10.7 Å². The van der Waals surface area contributed by atoms with Gasteiger partial charge in [0.2, 0.25) is 17.6 Å². The second-order valence-electron chi connectivity index (χ2n) is 6.01. The van der Waals surface area contributed by atoms with Gasteiger partial charge >= 0.3 is 0 Å². The molecule has 3 rings (SSSR count). The Morgan fingerprint density at radius 3 is 2.77 bits per heavy atom. The van der Waals surface area contributed by atoms with E-state index < -0.39 is 0 Å². The van der Waals surface area contributed by atoms with E-state index in [1.54, 1.807) is 31.2 Å². The summed E-state index contributed by atoms with van der Waals surface area (Å²) in [5.41, 5.74) is 2.75. The number of carbonyl (C=O) groups excluding carboxylic acids is 1. The molecule has 26 heavy (non-hydrogen) atoms. The molecule has 0 spiro atoms. The highest BCUT2D eigenvalue weighted by Crippen LogP contribution is 2.23. The monoisotopic (exact) mass is 373 g/mol. The van der Waals surface area contributed by atoms with Crippen LogP contribution in [0, 0.1) is 19.7 Å². The van der Waals surface area contributed by atoms with Gasteiger partial charge in [0, 0.05) is 18.4 Å². The molecule has 2 aromatic carbocycles. The number of anilines is 1. The van der Waals surface area contributed by atoms with Crippen molar-refractivity contribution in [2.75, 3.05) is 5.32 Å². The molecule has 1 aromatic heterocycles. The standard InChI is InChI=1S/C19H17ClFN3O2/c1-11-3-6-16(14(20)9-11)22-17(25)7-8-18-23-19(24-26-18)13-4-5-15(21)12(2)10-13/h3-6,9-10H,7-8H2,1-2H3,(H,22,25). The number of nitrogens with one attached hydrogen (secondary N) is 1. The molecule has 0 aliphatic rings. The third-order valence-electron chi connectivity index (χ3n) is 3.85. The maximum absolute atomic E-state index is 13.3. The number of nitrogens with zero attached hydrogens (tertiary/aromatic N) is 2. The molecule has 0 saturated carbocycles. The van der Waals surface area contributed by atoms with Crippen molar-refractivity contribution >= 4 is 23.2 Å². The Kier molecular flexibility index (Phi) is 5.32. The van der Waals surface area contributed by atoms with E-state index in [0.29, 0.717) is 40.0 Å². The van der Waals surface area contributed by atoms with Gasteiger partial charge in [-0.1, -0.05) is 22.8 Å². The van der Waals surface area contributed by atoms with E-state index in [1.807, 2.05) is 13.0 Å². The van der Waals surface area contributed by atoms with Crippen LogP contribution >= 0.6 is 11.6 Å². The minimum atomic E-state index is -0.288. The van der Waals surface area contributed by atoms with Crippen molar-refractivity contribution in [2.24, 2.45) is 0 Å². The maximum Gasteiger partial charge on any atom is 0.227 e. The number of aromatic nitrogens is 2. The average molecular weight is 374 g/mol. The van der Waals surface area contributed by atoms with Crippen molar-refractivity contribution < 1.29 is 13.7 Å². The van der Waals surface area contributed by atoms with Crippen LogP contribution in [0.3, 0.4) is 0 Å². The highest BCUT2D eigenvalue weighted by molar-refractivity contribution is 6.33. The number of benzene rings is 2. The molecule has 0 aliphatic carbocycles. The number of halogens is 2. The summed E-state index contributed by atoms with van der Waals surface area (Å²) >= 11 is 6.10. The molecule has 0 fully saturated rings. The highest BCUT2D eigenvalue weighted by Gasteiger charge is 2.12. The van der Waals surface area contributed by atoms with Gasteiger partial charge in [-0.15, -0.1) is 0 Å². The second-order valence-corrected chi connectivity index (χ2v) is 6.41. The van der Waals surface area contributed by atoms with Crippen LogP contribution in [-0.2, 0) is 11.2 Å². The van der Waals surface area contributed by atoms with Crippen LogP contribution in [0.15, 0.2) is 40.9 Å². The molecule has 1 heterocycles. The lowest BCUT2D eigenvalue weighted by Crippen LogP contribution is -2.12. The molecule has 0 aliphatic heterocycles. The van der Waals surface area contributed by atoms with Crippen molar-refractivity contribution in [3.8, 4) is 11.4 Å². The number of hydrogen-bond donors (Lipinski definition) is 1. The summed E-state index contributed by atoms with van der Waals surface area (Å²) in [5.74, 6) is 0.217. The molecule has 1 amide bonds. The normalized spacial score (nSPS) is 10.8. The van der Waals surface area contributed by atoms with Gasteiger partial charge in [-0.25, -0.2) is 4.39 Å². The maximum atomic E-state index is 13.3. The first kappa shape index (κ1) is 18.1. The minimum absolute atomic E-state index is 0.175. The number of hydrogen-bond acceptors (Lipinski definition) is 4. The zero-order valence-corrected chi connectivity index (χ0v) is 15.1. The highest BCUT2D eigenvalue weighted by atomic mass is 35.5. The van der Waals surface area contributed by atoms with E-state index in [-0.39, 0.29) is 18.1 Å². The van der Waals surface area contributed by atoms with Gasteiger partial charge in [0.25, 0.3) is 0 Å². The zero-order valence-electron chi connectivity index (χ0n) is 14.3. The molecule has 0 saturated heterocycles. The topological polar surface area (TPSA) is 68.0 Å². The summed E-state index contributed by atoms with van der Waals surface area (Å²) in [6.07, 6.45) is 0.469. The quantitative estimate of drug-likeness (QED) is 0.702. The molecule has 1 N–H and O–H groups in total. The summed E-state index contributed by atoms with van der Waals surface area (Å²) < 4.78 is 18.5. The fourth-order valence-corrected chi connectivity index (χ4v) is 2.69. The van der Waals surface area contributed by atoms with E-state index in [1.165, 1.54) is 6.07 Å². The number of rotatable bonds is 5. The van der Waals surface area contributed by atoms with E-state index in [0.717, 1.165) is 5.56 Å². The molecular formula is C19H17ClFN3O2. The summed E-state index contributed by atoms with van der Waals surface area (Å²) in [4.78, 5) is 16.3. The Labute approximate surface area is 155 Å². The first-order chi connectivity index (χ1) is 12.4. The summed E-state index contributed by atoms with van der Waals surface area (Å²) in [6, 6.07) is 10.0. The van der Waals surface area contributed by atoms with Crippen LogP contribution in [0.2, 0.25) is 5.02 Å². The summed E-state index contributed by atoms with van der Waals surface area (Å²) in [7, 11) is 0. The molecular weight excluding hydrogens is 357 g/mol. The predicted molar refractivity (Wildman–Crippen MR) is 97.6 cm³/mol. The molecule has 0 atom stereocenters. The van der Waals surface area contributed by atoms with Crippen molar-refractivity contribution in [1.82, 2.24) is 10.1 Å². The third-order valence-corrected chi connectivity index (χ3v) is 4.16. The lowest BCUT2D eigenvalue weighted by Gasteiger charge is -2.07. The predicted octanol–water partition coefficient (Wildman–Crippen LogP) is 4.72. The van der Waals surface area contributed by atoms with Gasteiger partial charge in [-0.3, -0.25) is 4.79 Å². The van der Waals surface area contributed by atoms with E-state index in [2.05, 4.69) is 15.5 Å². The second kappa shape index (κ2) is 7.66. The molecule has 3 aromatic rings. The van der Waals surface area contributed by atoms with Gasteiger partial charge < -0.3 is 9.84 Å². The fourth-order valence-electron chi connectivity index (χ4n) is 2.41. The lowest BCUT2D eigenvalue weighted by atomic mass is 10.1. The van der Waals surface area contributed by atoms with E-state index >= 15 is 0 Å². The average Bonchev–Trinajstić information content (AvgIpc) is 3.07. The van der Waals surface area contributed by atoms with E-state index in [4.69, 9.17) is 16.1 Å². The number of aryl methyl sites for hydroxylation is 3. The Balaban J connectivity index is 1.60. The van der Waals surface area contributed by atoms with Crippen LogP contribution < -0.4 is 5.32 Å². The van der Waals surface area contributed by atoms with Crippen LogP contribution in [0.4, 0.5) is 10.1 Å². The van der Waals surface area contributed by atoms with Crippen LogP contribution in [-0.4, -0.2) is 16.0 Å². The van der Waals surface area contributed by atoms with Crippen molar-refractivity contribution in [2.45, 2.75) is 26.7 Å². The molecule has 0 bridgehead atoms. The summed E-state index contributed by atoms with van der Waals surface area (Å²) in [6.45, 7) is 3.59. The van der Waals surface area contributed by atoms with Crippen molar-refractivity contribution in [3.63, 3.8) is 0 Å². The summed E-state index contributed by atoms with van der Waals surface area (Å²) in [5, 5.41) is 7.13. The molecule has 134 valence electrons. The first-order valence-electron chi connectivity index (χ1n) is 8.07. The number of amides is 1.